The molecule has 0 bridgehead atoms. The van der Waals surface area contributed by atoms with Crippen molar-refractivity contribution in [2.24, 2.45) is 0 Å². The van der Waals surface area contributed by atoms with Crippen LogP contribution in [0.5, 0.6) is 0 Å². The van der Waals surface area contributed by atoms with E-state index >= 15 is 0 Å². The highest BCUT2D eigenvalue weighted by Gasteiger charge is 2.21. The van der Waals surface area contributed by atoms with Gasteiger partial charge < -0.3 is 15.2 Å². The van der Waals surface area contributed by atoms with Crippen LogP contribution in [0.25, 0.3) is 0 Å². The third kappa shape index (κ3) is 5.75. The second-order valence-corrected chi connectivity index (χ2v) is 8.83. The fraction of sp³-hybridized carbons (Fsp3) is 0.238. The topological polar surface area (TPSA) is 88.9 Å². The summed E-state index contributed by atoms with van der Waals surface area (Å²) >= 11 is 19.4. The lowest BCUT2D eigenvalue weighted by molar-refractivity contribution is -0.113. The number of nitrogens with one attached hydrogen (secondary N) is 2. The molecule has 11 heteroatoms. The van der Waals surface area contributed by atoms with Crippen LogP contribution >= 0.6 is 46.6 Å². The number of carbonyl (C=O) groups excluding carboxylic acids is 2. The van der Waals surface area contributed by atoms with Gasteiger partial charge in [0.15, 0.2) is 11.0 Å². The van der Waals surface area contributed by atoms with Crippen molar-refractivity contribution in [3.63, 3.8) is 0 Å². The minimum absolute atomic E-state index is 0.0986. The van der Waals surface area contributed by atoms with Gasteiger partial charge in [-0.25, -0.2) is 0 Å². The summed E-state index contributed by atoms with van der Waals surface area (Å²) in [6.45, 7) is 4.32. The number of nitrogens with zero attached hydrogens (tertiary/aromatic N) is 3. The lowest BCUT2D eigenvalue weighted by atomic mass is 10.2. The Morgan fingerprint density at radius 2 is 1.78 bits per heavy atom. The van der Waals surface area contributed by atoms with E-state index in [1.807, 2.05) is 18.4 Å². The number of thioether (sulfide) groups is 1. The van der Waals surface area contributed by atoms with E-state index in [1.54, 1.807) is 42.5 Å². The SMILES string of the molecule is CCn1c(SCC(=O)Nc2cccc(Cl)c2Cl)nnc1[C@H](C)NC(=O)c1ccccc1Cl. The molecule has 0 aliphatic rings. The van der Waals surface area contributed by atoms with Gasteiger partial charge in [-0.15, -0.1) is 10.2 Å². The first-order chi connectivity index (χ1) is 15.3. The van der Waals surface area contributed by atoms with Crippen molar-refractivity contribution in [3.05, 3.63) is 68.9 Å². The van der Waals surface area contributed by atoms with Gasteiger partial charge in [0.05, 0.1) is 38.1 Å². The second kappa shape index (κ2) is 11.0. The molecule has 1 atom stereocenters. The third-order valence-corrected chi connectivity index (χ3v) is 6.59. The van der Waals surface area contributed by atoms with Crippen LogP contribution in [0.3, 0.4) is 0 Å². The summed E-state index contributed by atoms with van der Waals surface area (Å²) in [5.74, 6) is 0.113. The van der Waals surface area contributed by atoms with E-state index in [1.165, 1.54) is 11.8 Å². The Morgan fingerprint density at radius 3 is 2.50 bits per heavy atom. The van der Waals surface area contributed by atoms with Crippen molar-refractivity contribution in [1.29, 1.82) is 0 Å². The number of aromatic nitrogens is 3. The molecule has 0 unspecified atom stereocenters. The number of anilines is 1. The number of halogens is 3. The first kappa shape index (κ1) is 24.4. The maximum atomic E-state index is 12.6. The summed E-state index contributed by atoms with van der Waals surface area (Å²) in [5, 5.41) is 15.6. The quantitative estimate of drug-likeness (QED) is 0.390. The molecule has 2 amide bonds. The van der Waals surface area contributed by atoms with E-state index in [9.17, 15) is 9.59 Å². The molecular formula is C21H20Cl3N5O2S. The molecule has 0 aliphatic carbocycles. The summed E-state index contributed by atoms with van der Waals surface area (Å²) in [6, 6.07) is 11.4. The summed E-state index contributed by atoms with van der Waals surface area (Å²) in [6.07, 6.45) is 0. The van der Waals surface area contributed by atoms with Crippen LogP contribution in [0.1, 0.15) is 36.1 Å². The van der Waals surface area contributed by atoms with Gasteiger partial charge in [0.2, 0.25) is 5.91 Å². The number of carbonyl (C=O) groups is 2. The Balaban J connectivity index is 1.65. The molecular weight excluding hydrogens is 493 g/mol. The van der Waals surface area contributed by atoms with Crippen LogP contribution in [0.4, 0.5) is 5.69 Å². The molecule has 2 N–H and O–H groups in total. The van der Waals surface area contributed by atoms with Gasteiger partial charge >= 0.3 is 0 Å². The summed E-state index contributed by atoms with van der Waals surface area (Å²) in [4.78, 5) is 24.9. The smallest absolute Gasteiger partial charge is 0.253 e. The molecule has 3 rings (SSSR count). The average molecular weight is 513 g/mol. The van der Waals surface area contributed by atoms with Gasteiger partial charge in [-0.3, -0.25) is 9.59 Å². The van der Waals surface area contributed by atoms with Crippen molar-refractivity contribution in [3.8, 4) is 0 Å². The molecule has 0 saturated carbocycles. The van der Waals surface area contributed by atoms with Gasteiger partial charge in [-0.2, -0.15) is 0 Å². The zero-order valence-corrected chi connectivity index (χ0v) is 20.3. The van der Waals surface area contributed by atoms with E-state index in [-0.39, 0.29) is 22.6 Å². The Hall–Kier alpha value is -2.26. The predicted molar refractivity (Wildman–Crippen MR) is 129 cm³/mol. The summed E-state index contributed by atoms with van der Waals surface area (Å²) in [7, 11) is 0. The van der Waals surface area contributed by atoms with Crippen LogP contribution in [0.15, 0.2) is 47.6 Å². The van der Waals surface area contributed by atoms with Gasteiger partial charge in [0.1, 0.15) is 0 Å². The number of benzene rings is 2. The van der Waals surface area contributed by atoms with Crippen LogP contribution in [-0.2, 0) is 11.3 Å². The van der Waals surface area contributed by atoms with Gasteiger partial charge in [0, 0.05) is 6.54 Å². The number of hydrogen-bond donors (Lipinski definition) is 2. The minimum Gasteiger partial charge on any atom is -0.342 e. The zero-order valence-electron chi connectivity index (χ0n) is 17.2. The van der Waals surface area contributed by atoms with Crippen LogP contribution in [0.2, 0.25) is 15.1 Å². The van der Waals surface area contributed by atoms with Gasteiger partial charge in [-0.05, 0) is 38.1 Å². The van der Waals surface area contributed by atoms with Gasteiger partial charge in [-0.1, -0.05) is 64.8 Å². The Morgan fingerprint density at radius 1 is 1.06 bits per heavy atom. The summed E-state index contributed by atoms with van der Waals surface area (Å²) < 4.78 is 1.85. The molecule has 0 aliphatic heterocycles. The molecule has 2 aromatic carbocycles. The standard InChI is InChI=1S/C21H20Cl3N5O2S/c1-3-29-19(12(2)25-20(31)13-7-4-5-8-14(13)22)27-28-21(29)32-11-17(30)26-16-10-6-9-15(23)18(16)24/h4-10,12H,3,11H2,1-2H3,(H,25,31)(H,26,30)/t12-/m0/s1. The lowest BCUT2D eigenvalue weighted by Crippen LogP contribution is -2.29. The Bertz CT molecular complexity index is 1140. The lowest BCUT2D eigenvalue weighted by Gasteiger charge is -2.15. The minimum atomic E-state index is -0.417. The van der Waals surface area contributed by atoms with Crippen molar-refractivity contribution in [2.75, 3.05) is 11.1 Å². The highest BCUT2D eigenvalue weighted by molar-refractivity contribution is 7.99. The van der Waals surface area contributed by atoms with E-state index < -0.39 is 6.04 Å². The fourth-order valence-electron chi connectivity index (χ4n) is 2.93. The fourth-order valence-corrected chi connectivity index (χ4v) is 4.30. The first-order valence-corrected chi connectivity index (χ1v) is 11.8. The molecule has 168 valence electrons. The van der Waals surface area contributed by atoms with Crippen molar-refractivity contribution in [1.82, 2.24) is 20.1 Å². The first-order valence-electron chi connectivity index (χ1n) is 9.67. The van der Waals surface area contributed by atoms with Gasteiger partial charge in [0.25, 0.3) is 5.91 Å². The number of hydrogen-bond acceptors (Lipinski definition) is 5. The maximum absolute atomic E-state index is 12.6. The van der Waals surface area contributed by atoms with E-state index in [4.69, 9.17) is 34.8 Å². The monoisotopic (exact) mass is 511 g/mol. The van der Waals surface area contributed by atoms with E-state index in [0.29, 0.717) is 38.8 Å². The largest absolute Gasteiger partial charge is 0.342 e. The average Bonchev–Trinajstić information content (AvgIpc) is 3.19. The Kier molecular flexibility index (Phi) is 8.42. The highest BCUT2D eigenvalue weighted by atomic mass is 35.5. The number of amides is 2. The normalized spacial score (nSPS) is 11.8. The van der Waals surface area contributed by atoms with Crippen LogP contribution in [-0.4, -0.2) is 32.3 Å². The maximum Gasteiger partial charge on any atom is 0.253 e. The van der Waals surface area contributed by atoms with Crippen molar-refractivity contribution < 1.29 is 9.59 Å². The molecule has 0 radical (unpaired) electrons. The molecule has 3 aromatic rings. The molecule has 0 spiro atoms. The van der Waals surface area contributed by atoms with Crippen LogP contribution in [0, 0.1) is 0 Å². The molecule has 1 heterocycles. The van der Waals surface area contributed by atoms with Crippen molar-refractivity contribution >= 4 is 64.1 Å². The Labute approximate surface area is 204 Å². The predicted octanol–water partition coefficient (Wildman–Crippen LogP) is 5.48. The number of rotatable bonds is 8. The zero-order chi connectivity index (χ0) is 23.3. The molecule has 0 fully saturated rings. The van der Waals surface area contributed by atoms with E-state index in [0.717, 1.165) is 0 Å². The molecule has 7 nitrogen and oxygen atoms in total. The molecule has 0 saturated heterocycles. The molecule has 32 heavy (non-hydrogen) atoms. The van der Waals surface area contributed by atoms with Crippen LogP contribution < -0.4 is 10.6 Å². The van der Waals surface area contributed by atoms with Crippen molar-refractivity contribution in [2.45, 2.75) is 31.6 Å². The third-order valence-electron chi connectivity index (χ3n) is 4.47. The molecule has 1 aromatic heterocycles. The second-order valence-electron chi connectivity index (χ2n) is 6.70. The van der Waals surface area contributed by atoms with E-state index in [2.05, 4.69) is 20.8 Å². The summed E-state index contributed by atoms with van der Waals surface area (Å²) in [5.41, 5.74) is 0.827. The highest BCUT2D eigenvalue weighted by Crippen LogP contribution is 2.30.